The average Bonchev–Trinajstić information content (AvgIpc) is 2.37. The molecule has 0 aliphatic carbocycles. The van der Waals surface area contributed by atoms with Crippen LogP contribution in [0.1, 0.15) is 12.8 Å². The lowest BCUT2D eigenvalue weighted by Crippen LogP contribution is -2.00. The lowest BCUT2D eigenvalue weighted by molar-refractivity contribution is 1.01. The van der Waals surface area contributed by atoms with Gasteiger partial charge in [-0.1, -0.05) is 73.9 Å². The monoisotopic (exact) mass is 258 g/mol. The Bertz CT molecular complexity index is 380. The molecule has 0 aromatic carbocycles. The first-order chi connectivity index (χ1) is 8.69. The van der Waals surface area contributed by atoms with Crippen LogP contribution in [-0.4, -0.2) is 5.25 Å². The normalized spacial score (nSPS) is 14.3. The Morgan fingerprint density at radius 2 is 1.67 bits per heavy atom. The molecule has 0 bridgehead atoms. The lowest BCUT2D eigenvalue weighted by Gasteiger charge is -2.13. The molecule has 96 valence electrons. The topological polar surface area (TPSA) is 0 Å². The van der Waals surface area contributed by atoms with Gasteiger partial charge in [0.25, 0.3) is 0 Å². The molecule has 0 fully saturated rings. The Kier molecular flexibility index (Phi) is 9.80. The molecular weight excluding hydrogens is 236 g/mol. The SMILES string of the molecule is C=C/C=C(/C/C(=C/C=C)C/C=C/C=C)C(S)C=C. The van der Waals surface area contributed by atoms with Gasteiger partial charge in [0.1, 0.15) is 0 Å². The lowest BCUT2D eigenvalue weighted by atomic mass is 9.98. The average molecular weight is 258 g/mol. The third kappa shape index (κ3) is 6.97. The van der Waals surface area contributed by atoms with E-state index in [4.69, 9.17) is 0 Å². The number of thiol groups is 1. The van der Waals surface area contributed by atoms with E-state index in [-0.39, 0.29) is 5.25 Å². The van der Waals surface area contributed by atoms with Crippen molar-refractivity contribution < 1.29 is 0 Å². The second-order valence-electron chi connectivity index (χ2n) is 3.76. The van der Waals surface area contributed by atoms with Crippen molar-refractivity contribution in [3.63, 3.8) is 0 Å². The van der Waals surface area contributed by atoms with Crippen molar-refractivity contribution in [3.05, 3.63) is 86.1 Å². The Hall–Kier alpha value is -1.47. The van der Waals surface area contributed by atoms with Gasteiger partial charge in [0.15, 0.2) is 0 Å². The van der Waals surface area contributed by atoms with Gasteiger partial charge in [-0.3, -0.25) is 0 Å². The molecule has 1 atom stereocenters. The second kappa shape index (κ2) is 10.7. The van der Waals surface area contributed by atoms with Gasteiger partial charge >= 0.3 is 0 Å². The third-order valence-corrected chi connectivity index (χ3v) is 2.91. The number of rotatable bonds is 9. The summed E-state index contributed by atoms with van der Waals surface area (Å²) in [5, 5.41) is 0.0552. The largest absolute Gasteiger partial charge is 0.167 e. The molecule has 0 aromatic heterocycles. The predicted molar refractivity (Wildman–Crippen MR) is 88.1 cm³/mol. The van der Waals surface area contributed by atoms with Crippen LogP contribution in [0.15, 0.2) is 86.1 Å². The maximum Gasteiger partial charge on any atom is 0.0410 e. The minimum absolute atomic E-state index is 0.0552. The van der Waals surface area contributed by atoms with Crippen molar-refractivity contribution in [2.75, 3.05) is 0 Å². The van der Waals surface area contributed by atoms with E-state index >= 15 is 0 Å². The van der Waals surface area contributed by atoms with Gasteiger partial charge in [0, 0.05) is 5.25 Å². The zero-order valence-corrected chi connectivity index (χ0v) is 11.8. The maximum absolute atomic E-state index is 4.49. The minimum atomic E-state index is 0.0552. The molecule has 0 N–H and O–H groups in total. The first kappa shape index (κ1) is 16.5. The quantitative estimate of drug-likeness (QED) is 0.327. The molecule has 1 heteroatoms. The van der Waals surface area contributed by atoms with E-state index in [1.165, 1.54) is 11.1 Å². The van der Waals surface area contributed by atoms with Crippen LogP contribution < -0.4 is 0 Å². The molecule has 0 amide bonds. The summed E-state index contributed by atoms with van der Waals surface area (Å²) in [6.07, 6.45) is 17.0. The third-order valence-electron chi connectivity index (χ3n) is 2.37. The van der Waals surface area contributed by atoms with Crippen molar-refractivity contribution in [3.8, 4) is 0 Å². The summed E-state index contributed by atoms with van der Waals surface area (Å²) in [6.45, 7) is 14.9. The molecule has 0 aliphatic heterocycles. The highest BCUT2D eigenvalue weighted by atomic mass is 32.1. The van der Waals surface area contributed by atoms with Crippen molar-refractivity contribution in [1.29, 1.82) is 0 Å². The van der Waals surface area contributed by atoms with Crippen LogP contribution >= 0.6 is 12.6 Å². The highest BCUT2D eigenvalue weighted by Gasteiger charge is 2.07. The first-order valence-corrected chi connectivity index (χ1v) is 6.41. The van der Waals surface area contributed by atoms with Crippen molar-refractivity contribution in [1.82, 2.24) is 0 Å². The summed E-state index contributed by atoms with van der Waals surface area (Å²) in [5.74, 6) is 0. The van der Waals surface area contributed by atoms with Gasteiger partial charge in [0.05, 0.1) is 0 Å². The zero-order valence-electron chi connectivity index (χ0n) is 10.9. The predicted octanol–water partition coefficient (Wildman–Crippen LogP) is 5.22. The molecule has 0 aliphatic rings. The molecule has 18 heavy (non-hydrogen) atoms. The highest BCUT2D eigenvalue weighted by Crippen LogP contribution is 2.22. The summed E-state index contributed by atoms with van der Waals surface area (Å²) >= 11 is 4.49. The summed E-state index contributed by atoms with van der Waals surface area (Å²) in [5.41, 5.74) is 2.46. The molecule has 0 spiro atoms. The van der Waals surface area contributed by atoms with E-state index in [0.717, 1.165) is 12.8 Å². The summed E-state index contributed by atoms with van der Waals surface area (Å²) in [7, 11) is 0. The van der Waals surface area contributed by atoms with Gasteiger partial charge in [-0.05, 0) is 18.4 Å². The fraction of sp³-hybridized carbons (Fsp3) is 0.176. The Morgan fingerprint density at radius 3 is 2.17 bits per heavy atom. The molecule has 0 saturated carbocycles. The van der Waals surface area contributed by atoms with Crippen molar-refractivity contribution in [2.24, 2.45) is 0 Å². The Morgan fingerprint density at radius 1 is 1.00 bits per heavy atom. The maximum atomic E-state index is 4.49. The van der Waals surface area contributed by atoms with E-state index in [1.54, 1.807) is 12.2 Å². The Labute approximate surface area is 117 Å². The standard InChI is InChI=1S/C17H22S/c1-5-9-10-13-15(11-6-2)14-16(12-7-3)17(18)8-4/h5-12,17-18H,1-4,13-14H2/b10-9+,15-11+,16-12-. The first-order valence-electron chi connectivity index (χ1n) is 5.89. The molecule has 0 nitrogen and oxygen atoms in total. The second-order valence-corrected chi connectivity index (χ2v) is 4.32. The number of allylic oxidation sites excluding steroid dienone is 8. The minimum Gasteiger partial charge on any atom is -0.167 e. The zero-order chi connectivity index (χ0) is 13.8. The van der Waals surface area contributed by atoms with Gasteiger partial charge in [-0.25, -0.2) is 0 Å². The highest BCUT2D eigenvalue weighted by molar-refractivity contribution is 7.81. The van der Waals surface area contributed by atoms with Crippen LogP contribution in [0.4, 0.5) is 0 Å². The van der Waals surface area contributed by atoms with Crippen LogP contribution in [0.3, 0.4) is 0 Å². The van der Waals surface area contributed by atoms with E-state index in [2.05, 4.69) is 45.0 Å². The van der Waals surface area contributed by atoms with Crippen LogP contribution in [0.5, 0.6) is 0 Å². The van der Waals surface area contributed by atoms with Gasteiger partial charge in [-0.2, -0.15) is 12.6 Å². The van der Waals surface area contributed by atoms with E-state index < -0.39 is 0 Å². The van der Waals surface area contributed by atoms with E-state index in [1.807, 2.05) is 30.4 Å². The van der Waals surface area contributed by atoms with E-state index in [9.17, 15) is 0 Å². The van der Waals surface area contributed by atoms with Crippen LogP contribution in [0.25, 0.3) is 0 Å². The van der Waals surface area contributed by atoms with Crippen LogP contribution in [0, 0.1) is 0 Å². The molecule has 0 radical (unpaired) electrons. The molecule has 0 aromatic rings. The van der Waals surface area contributed by atoms with Crippen LogP contribution in [0.2, 0.25) is 0 Å². The summed E-state index contributed by atoms with van der Waals surface area (Å²) in [6, 6.07) is 0. The van der Waals surface area contributed by atoms with Gasteiger partial charge in [-0.15, -0.1) is 6.58 Å². The van der Waals surface area contributed by atoms with Crippen molar-refractivity contribution >= 4 is 12.6 Å². The molecule has 0 rings (SSSR count). The van der Waals surface area contributed by atoms with E-state index in [0.29, 0.717) is 0 Å². The molecule has 0 heterocycles. The summed E-state index contributed by atoms with van der Waals surface area (Å²) in [4.78, 5) is 0. The summed E-state index contributed by atoms with van der Waals surface area (Å²) < 4.78 is 0. The molecule has 1 unspecified atom stereocenters. The number of hydrogen-bond acceptors (Lipinski definition) is 1. The fourth-order valence-electron chi connectivity index (χ4n) is 1.51. The fourth-order valence-corrected chi connectivity index (χ4v) is 1.69. The number of hydrogen-bond donors (Lipinski definition) is 1. The van der Waals surface area contributed by atoms with Gasteiger partial charge in [0.2, 0.25) is 0 Å². The van der Waals surface area contributed by atoms with Crippen LogP contribution in [-0.2, 0) is 0 Å². The van der Waals surface area contributed by atoms with Crippen molar-refractivity contribution in [2.45, 2.75) is 18.1 Å². The molecular formula is C17H22S. The molecule has 0 saturated heterocycles. The Balaban J connectivity index is 4.87. The smallest absolute Gasteiger partial charge is 0.0410 e. The van der Waals surface area contributed by atoms with Gasteiger partial charge < -0.3 is 0 Å².